The van der Waals surface area contributed by atoms with Crippen molar-refractivity contribution in [2.24, 2.45) is 0 Å². The summed E-state index contributed by atoms with van der Waals surface area (Å²) >= 11 is 0. The molecular weight excluding hydrogens is 268 g/mol. The molecule has 0 bridgehead atoms. The standard InChI is InChI=1S/C16H18N2O3/c1-12(13-5-3-2-4-6-13)17-11-16(19)14-7-9-15(10-8-14)18(20)21/h2-10,12,16-17,19H,11H2,1H3/t12-,16?/m0/s1. The average Bonchev–Trinajstić information content (AvgIpc) is 2.53. The normalized spacial score (nSPS) is 13.6. The van der Waals surface area contributed by atoms with E-state index in [0.717, 1.165) is 5.56 Å². The first-order valence-corrected chi connectivity index (χ1v) is 6.78. The lowest BCUT2D eigenvalue weighted by Gasteiger charge is -2.17. The van der Waals surface area contributed by atoms with Gasteiger partial charge in [0.1, 0.15) is 0 Å². The third-order valence-electron chi connectivity index (χ3n) is 3.41. The van der Waals surface area contributed by atoms with Crippen molar-refractivity contribution in [1.29, 1.82) is 0 Å². The Hall–Kier alpha value is -2.24. The molecule has 110 valence electrons. The molecule has 2 aromatic rings. The van der Waals surface area contributed by atoms with Gasteiger partial charge in [-0.25, -0.2) is 0 Å². The van der Waals surface area contributed by atoms with E-state index >= 15 is 0 Å². The summed E-state index contributed by atoms with van der Waals surface area (Å²) in [5, 5.41) is 23.9. The molecule has 2 rings (SSSR count). The fourth-order valence-corrected chi connectivity index (χ4v) is 2.08. The Morgan fingerprint density at radius 3 is 2.29 bits per heavy atom. The van der Waals surface area contributed by atoms with Crippen LogP contribution in [0.1, 0.15) is 30.2 Å². The van der Waals surface area contributed by atoms with Gasteiger partial charge >= 0.3 is 0 Å². The maximum absolute atomic E-state index is 10.6. The Morgan fingerprint density at radius 1 is 1.10 bits per heavy atom. The molecule has 0 aromatic heterocycles. The lowest BCUT2D eigenvalue weighted by atomic mass is 10.1. The van der Waals surface area contributed by atoms with E-state index < -0.39 is 11.0 Å². The van der Waals surface area contributed by atoms with Crippen LogP contribution in [0.25, 0.3) is 0 Å². The summed E-state index contributed by atoms with van der Waals surface area (Å²) in [4.78, 5) is 10.1. The first-order valence-electron chi connectivity index (χ1n) is 6.78. The summed E-state index contributed by atoms with van der Waals surface area (Å²) in [6.45, 7) is 2.41. The number of aliphatic hydroxyl groups is 1. The van der Waals surface area contributed by atoms with Crippen LogP contribution < -0.4 is 5.32 Å². The molecule has 2 atom stereocenters. The van der Waals surface area contributed by atoms with E-state index in [1.54, 1.807) is 12.1 Å². The molecule has 5 heteroatoms. The highest BCUT2D eigenvalue weighted by atomic mass is 16.6. The summed E-state index contributed by atoms with van der Waals surface area (Å²) in [5.41, 5.74) is 1.83. The molecule has 0 saturated heterocycles. The summed E-state index contributed by atoms with van der Waals surface area (Å²) < 4.78 is 0. The molecule has 0 radical (unpaired) electrons. The molecule has 5 nitrogen and oxygen atoms in total. The van der Waals surface area contributed by atoms with E-state index in [2.05, 4.69) is 5.32 Å². The Morgan fingerprint density at radius 2 is 1.71 bits per heavy atom. The molecule has 1 unspecified atom stereocenters. The van der Waals surface area contributed by atoms with Crippen LogP contribution in [0.3, 0.4) is 0 Å². The average molecular weight is 286 g/mol. The number of aliphatic hydroxyl groups excluding tert-OH is 1. The number of nitrogens with zero attached hydrogens (tertiary/aromatic N) is 1. The molecule has 0 spiro atoms. The van der Waals surface area contributed by atoms with Gasteiger partial charge in [0.2, 0.25) is 0 Å². The van der Waals surface area contributed by atoms with E-state index in [0.29, 0.717) is 12.1 Å². The van der Waals surface area contributed by atoms with Crippen LogP contribution in [-0.4, -0.2) is 16.6 Å². The van der Waals surface area contributed by atoms with Crippen LogP contribution in [0.4, 0.5) is 5.69 Å². The number of benzene rings is 2. The zero-order valence-corrected chi connectivity index (χ0v) is 11.8. The van der Waals surface area contributed by atoms with Crippen molar-refractivity contribution >= 4 is 5.69 Å². The van der Waals surface area contributed by atoms with E-state index in [9.17, 15) is 15.2 Å². The van der Waals surface area contributed by atoms with Gasteiger partial charge in [-0.3, -0.25) is 10.1 Å². The Balaban J connectivity index is 1.92. The van der Waals surface area contributed by atoms with Crippen LogP contribution in [0.2, 0.25) is 0 Å². The Kier molecular flexibility index (Phi) is 5.03. The molecular formula is C16H18N2O3. The highest BCUT2D eigenvalue weighted by molar-refractivity contribution is 5.33. The van der Waals surface area contributed by atoms with Crippen LogP contribution in [-0.2, 0) is 0 Å². The minimum Gasteiger partial charge on any atom is -0.387 e. The van der Waals surface area contributed by atoms with Gasteiger partial charge in [0.05, 0.1) is 11.0 Å². The zero-order valence-electron chi connectivity index (χ0n) is 11.8. The van der Waals surface area contributed by atoms with Gasteiger partial charge in [0, 0.05) is 24.7 Å². The fourth-order valence-electron chi connectivity index (χ4n) is 2.08. The van der Waals surface area contributed by atoms with Crippen LogP contribution in [0, 0.1) is 10.1 Å². The molecule has 0 aliphatic heterocycles. The quantitative estimate of drug-likeness (QED) is 0.632. The molecule has 2 aromatic carbocycles. The lowest BCUT2D eigenvalue weighted by molar-refractivity contribution is -0.384. The second-order valence-electron chi connectivity index (χ2n) is 4.91. The highest BCUT2D eigenvalue weighted by Crippen LogP contribution is 2.18. The number of nitro benzene ring substituents is 1. The van der Waals surface area contributed by atoms with Gasteiger partial charge in [-0.1, -0.05) is 30.3 Å². The Bertz CT molecular complexity index is 584. The molecule has 21 heavy (non-hydrogen) atoms. The van der Waals surface area contributed by atoms with Gasteiger partial charge in [-0.15, -0.1) is 0 Å². The number of nitrogens with one attached hydrogen (secondary N) is 1. The van der Waals surface area contributed by atoms with Crippen molar-refractivity contribution in [2.75, 3.05) is 6.54 Å². The third-order valence-corrected chi connectivity index (χ3v) is 3.41. The number of nitro groups is 1. The number of non-ortho nitro benzene ring substituents is 1. The molecule has 2 N–H and O–H groups in total. The van der Waals surface area contributed by atoms with Crippen molar-refractivity contribution < 1.29 is 10.0 Å². The number of rotatable bonds is 6. The van der Waals surface area contributed by atoms with Crippen molar-refractivity contribution in [3.8, 4) is 0 Å². The molecule has 0 aliphatic rings. The minimum absolute atomic E-state index is 0.0246. The topological polar surface area (TPSA) is 75.4 Å². The van der Waals surface area contributed by atoms with E-state index in [4.69, 9.17) is 0 Å². The van der Waals surface area contributed by atoms with Crippen LogP contribution in [0.15, 0.2) is 54.6 Å². The summed E-state index contributed by atoms with van der Waals surface area (Å²) in [6, 6.07) is 16.0. The lowest BCUT2D eigenvalue weighted by Crippen LogP contribution is -2.24. The van der Waals surface area contributed by atoms with Crippen molar-refractivity contribution in [2.45, 2.75) is 19.1 Å². The second kappa shape index (κ2) is 6.97. The maximum Gasteiger partial charge on any atom is 0.269 e. The first kappa shape index (κ1) is 15.2. The largest absolute Gasteiger partial charge is 0.387 e. The van der Waals surface area contributed by atoms with Gasteiger partial charge in [-0.05, 0) is 30.2 Å². The highest BCUT2D eigenvalue weighted by Gasteiger charge is 2.12. The van der Waals surface area contributed by atoms with E-state index in [1.165, 1.54) is 12.1 Å². The molecule has 0 aliphatic carbocycles. The maximum atomic E-state index is 10.6. The summed E-state index contributed by atoms with van der Waals surface area (Å²) in [7, 11) is 0. The third kappa shape index (κ3) is 4.11. The van der Waals surface area contributed by atoms with E-state index in [-0.39, 0.29) is 11.7 Å². The predicted octanol–water partition coefficient (Wildman–Crippen LogP) is 2.98. The molecule has 0 heterocycles. The molecule has 0 saturated carbocycles. The van der Waals surface area contributed by atoms with Gasteiger partial charge in [-0.2, -0.15) is 0 Å². The number of hydrogen-bond donors (Lipinski definition) is 2. The van der Waals surface area contributed by atoms with Crippen molar-refractivity contribution in [1.82, 2.24) is 5.32 Å². The van der Waals surface area contributed by atoms with E-state index in [1.807, 2.05) is 37.3 Å². The van der Waals surface area contributed by atoms with Crippen molar-refractivity contribution in [3.05, 3.63) is 75.8 Å². The van der Waals surface area contributed by atoms with Crippen LogP contribution >= 0.6 is 0 Å². The van der Waals surface area contributed by atoms with Crippen molar-refractivity contribution in [3.63, 3.8) is 0 Å². The summed E-state index contributed by atoms with van der Waals surface area (Å²) in [5.74, 6) is 0. The molecule has 0 amide bonds. The van der Waals surface area contributed by atoms with Gasteiger partial charge in [0.25, 0.3) is 5.69 Å². The van der Waals surface area contributed by atoms with Gasteiger partial charge < -0.3 is 10.4 Å². The minimum atomic E-state index is -0.697. The predicted molar refractivity (Wildman–Crippen MR) is 80.9 cm³/mol. The monoisotopic (exact) mass is 286 g/mol. The number of hydrogen-bond acceptors (Lipinski definition) is 4. The first-order chi connectivity index (χ1) is 10.1. The SMILES string of the molecule is C[C@H](NCC(O)c1ccc([N+](=O)[O-])cc1)c1ccccc1. The zero-order chi connectivity index (χ0) is 15.2. The summed E-state index contributed by atoms with van der Waals surface area (Å²) in [6.07, 6.45) is -0.697. The Labute approximate surface area is 123 Å². The molecule has 0 fully saturated rings. The second-order valence-corrected chi connectivity index (χ2v) is 4.91. The van der Waals surface area contributed by atoms with Gasteiger partial charge in [0.15, 0.2) is 0 Å². The smallest absolute Gasteiger partial charge is 0.269 e. The fraction of sp³-hybridized carbons (Fsp3) is 0.250. The van der Waals surface area contributed by atoms with Crippen LogP contribution in [0.5, 0.6) is 0 Å².